The quantitative estimate of drug-likeness (QED) is 0.827. The molecule has 0 aliphatic carbocycles. The zero-order valence-corrected chi connectivity index (χ0v) is 14.8. The molecule has 2 atom stereocenters. The zero-order chi connectivity index (χ0) is 16.9. The van der Waals surface area contributed by atoms with E-state index in [4.69, 9.17) is 23.2 Å². The van der Waals surface area contributed by atoms with E-state index >= 15 is 0 Å². The molecule has 0 radical (unpaired) electrons. The van der Waals surface area contributed by atoms with Gasteiger partial charge in [0.15, 0.2) is 0 Å². The van der Waals surface area contributed by atoms with E-state index in [0.29, 0.717) is 10.6 Å². The number of carbonyl (C=O) groups excluding carboxylic acids is 2. The number of hydrogen-bond acceptors (Lipinski definition) is 2. The van der Waals surface area contributed by atoms with Crippen molar-refractivity contribution in [3.8, 4) is 0 Å². The molecule has 0 saturated carbocycles. The average Bonchev–Trinajstić information content (AvgIpc) is 2.43. The highest BCUT2D eigenvalue weighted by molar-refractivity contribution is 6.36. The lowest BCUT2D eigenvalue weighted by Crippen LogP contribution is -2.51. The number of amides is 2. The Morgan fingerprint density at radius 2 is 1.77 bits per heavy atom. The molecule has 1 rings (SSSR count). The molecule has 0 aliphatic heterocycles. The molecule has 122 valence electrons. The average molecular weight is 345 g/mol. The van der Waals surface area contributed by atoms with Gasteiger partial charge in [-0.3, -0.25) is 9.59 Å². The van der Waals surface area contributed by atoms with Crippen molar-refractivity contribution in [2.24, 2.45) is 5.92 Å². The van der Waals surface area contributed by atoms with Gasteiger partial charge in [-0.1, -0.05) is 44.0 Å². The molecule has 0 spiro atoms. The van der Waals surface area contributed by atoms with Crippen molar-refractivity contribution in [3.63, 3.8) is 0 Å². The molecule has 0 heterocycles. The van der Waals surface area contributed by atoms with E-state index in [9.17, 15) is 9.59 Å². The second kappa shape index (κ2) is 8.39. The van der Waals surface area contributed by atoms with Crippen molar-refractivity contribution in [2.45, 2.75) is 46.2 Å². The minimum atomic E-state index is -0.617. The molecule has 2 N–H and O–H groups in total. The molecule has 0 bridgehead atoms. The van der Waals surface area contributed by atoms with Crippen LogP contribution >= 0.6 is 23.2 Å². The Hall–Kier alpha value is -1.26. The zero-order valence-electron chi connectivity index (χ0n) is 13.2. The lowest BCUT2D eigenvalue weighted by Gasteiger charge is -2.24. The van der Waals surface area contributed by atoms with Gasteiger partial charge in [-0.25, -0.2) is 0 Å². The Morgan fingerprint density at radius 1 is 1.14 bits per heavy atom. The van der Waals surface area contributed by atoms with E-state index in [0.717, 1.165) is 6.42 Å². The highest BCUT2D eigenvalue weighted by atomic mass is 35.5. The number of rotatable bonds is 6. The summed E-state index contributed by atoms with van der Waals surface area (Å²) in [5, 5.41) is 6.34. The van der Waals surface area contributed by atoms with Crippen molar-refractivity contribution in [1.29, 1.82) is 0 Å². The number of nitrogens with one attached hydrogen (secondary N) is 2. The van der Waals surface area contributed by atoms with Crippen LogP contribution in [-0.2, 0) is 4.79 Å². The summed E-state index contributed by atoms with van der Waals surface area (Å²) in [5.74, 6) is -0.624. The SMILES string of the molecule is CCC(C)NC(=O)C(NC(=O)c1ccc(Cl)cc1Cl)C(C)C. The van der Waals surface area contributed by atoms with Gasteiger partial charge in [-0.2, -0.15) is 0 Å². The standard InChI is InChI=1S/C16H22Cl2N2O2/c1-5-10(4)19-16(22)14(9(2)3)20-15(21)12-7-6-11(17)8-13(12)18/h6-10,14H,5H2,1-4H3,(H,19,22)(H,20,21). The maximum absolute atomic E-state index is 12.3. The lowest BCUT2D eigenvalue weighted by molar-refractivity contribution is -0.124. The molecule has 1 aromatic carbocycles. The number of benzene rings is 1. The van der Waals surface area contributed by atoms with Gasteiger partial charge in [0.05, 0.1) is 10.6 Å². The number of halogens is 2. The largest absolute Gasteiger partial charge is 0.352 e. The number of carbonyl (C=O) groups is 2. The van der Waals surface area contributed by atoms with E-state index in [1.807, 2.05) is 27.7 Å². The second-order valence-corrected chi connectivity index (χ2v) is 6.48. The Bertz CT molecular complexity index is 547. The van der Waals surface area contributed by atoms with E-state index in [1.165, 1.54) is 6.07 Å². The molecular weight excluding hydrogens is 323 g/mol. The fourth-order valence-electron chi connectivity index (χ4n) is 1.86. The van der Waals surface area contributed by atoms with Crippen LogP contribution in [-0.4, -0.2) is 23.9 Å². The highest BCUT2D eigenvalue weighted by Crippen LogP contribution is 2.21. The van der Waals surface area contributed by atoms with Gasteiger partial charge in [-0.05, 0) is 37.5 Å². The van der Waals surface area contributed by atoms with Crippen LogP contribution in [0, 0.1) is 5.92 Å². The molecule has 2 amide bonds. The van der Waals surface area contributed by atoms with Crippen molar-refractivity contribution < 1.29 is 9.59 Å². The first-order valence-electron chi connectivity index (χ1n) is 7.32. The fourth-order valence-corrected chi connectivity index (χ4v) is 2.36. The van der Waals surface area contributed by atoms with Gasteiger partial charge >= 0.3 is 0 Å². The van der Waals surface area contributed by atoms with Gasteiger partial charge in [-0.15, -0.1) is 0 Å². The Morgan fingerprint density at radius 3 is 2.27 bits per heavy atom. The summed E-state index contributed by atoms with van der Waals surface area (Å²) >= 11 is 11.8. The first kappa shape index (κ1) is 18.8. The smallest absolute Gasteiger partial charge is 0.253 e. The van der Waals surface area contributed by atoms with Crippen LogP contribution in [0.5, 0.6) is 0 Å². The Kier molecular flexibility index (Phi) is 7.17. The Balaban J connectivity index is 2.86. The van der Waals surface area contributed by atoms with Gasteiger partial charge in [0.2, 0.25) is 5.91 Å². The summed E-state index contributed by atoms with van der Waals surface area (Å²) < 4.78 is 0. The molecule has 0 saturated heterocycles. The van der Waals surface area contributed by atoms with Crippen LogP contribution in [0.4, 0.5) is 0 Å². The third-order valence-corrected chi connectivity index (χ3v) is 3.96. The van der Waals surface area contributed by atoms with Gasteiger partial charge in [0.1, 0.15) is 6.04 Å². The van der Waals surface area contributed by atoms with Crippen LogP contribution < -0.4 is 10.6 Å². The monoisotopic (exact) mass is 344 g/mol. The lowest BCUT2D eigenvalue weighted by atomic mass is 10.0. The predicted molar refractivity (Wildman–Crippen MR) is 90.4 cm³/mol. The van der Waals surface area contributed by atoms with Gasteiger partial charge < -0.3 is 10.6 Å². The summed E-state index contributed by atoms with van der Waals surface area (Å²) in [7, 11) is 0. The molecule has 2 unspecified atom stereocenters. The molecular formula is C16H22Cl2N2O2. The summed E-state index contributed by atoms with van der Waals surface area (Å²) in [5.41, 5.74) is 0.299. The van der Waals surface area contributed by atoms with Crippen molar-refractivity contribution >= 4 is 35.0 Å². The normalized spacial score (nSPS) is 13.6. The van der Waals surface area contributed by atoms with Crippen molar-refractivity contribution in [1.82, 2.24) is 10.6 Å². The molecule has 0 aliphatic rings. The van der Waals surface area contributed by atoms with Crippen molar-refractivity contribution in [3.05, 3.63) is 33.8 Å². The second-order valence-electron chi connectivity index (χ2n) is 5.64. The third-order valence-electron chi connectivity index (χ3n) is 3.41. The third kappa shape index (κ3) is 5.18. The van der Waals surface area contributed by atoms with Crippen LogP contribution in [0.25, 0.3) is 0 Å². The molecule has 0 fully saturated rings. The van der Waals surface area contributed by atoms with Crippen LogP contribution in [0.1, 0.15) is 44.5 Å². The van der Waals surface area contributed by atoms with Crippen LogP contribution in [0.15, 0.2) is 18.2 Å². The maximum Gasteiger partial charge on any atom is 0.253 e. The summed E-state index contributed by atoms with van der Waals surface area (Å²) in [6, 6.07) is 4.08. The molecule has 1 aromatic rings. The van der Waals surface area contributed by atoms with Gasteiger partial charge in [0, 0.05) is 11.1 Å². The molecule has 4 nitrogen and oxygen atoms in total. The minimum Gasteiger partial charge on any atom is -0.352 e. The first-order chi connectivity index (χ1) is 10.3. The molecule has 22 heavy (non-hydrogen) atoms. The summed E-state index contributed by atoms with van der Waals surface area (Å²) in [4.78, 5) is 24.6. The minimum absolute atomic E-state index is 0.0425. The van der Waals surface area contributed by atoms with E-state index in [2.05, 4.69) is 10.6 Å². The van der Waals surface area contributed by atoms with Gasteiger partial charge in [0.25, 0.3) is 5.91 Å². The highest BCUT2D eigenvalue weighted by Gasteiger charge is 2.26. The first-order valence-corrected chi connectivity index (χ1v) is 8.08. The predicted octanol–water partition coefficient (Wildman–Crippen LogP) is 3.66. The van der Waals surface area contributed by atoms with E-state index in [1.54, 1.807) is 12.1 Å². The summed E-state index contributed by atoms with van der Waals surface area (Å²) in [6.07, 6.45) is 0.827. The molecule has 6 heteroatoms. The van der Waals surface area contributed by atoms with E-state index in [-0.39, 0.29) is 28.8 Å². The van der Waals surface area contributed by atoms with Crippen molar-refractivity contribution in [2.75, 3.05) is 0 Å². The summed E-state index contributed by atoms with van der Waals surface area (Å²) in [6.45, 7) is 7.67. The van der Waals surface area contributed by atoms with Crippen LogP contribution in [0.3, 0.4) is 0 Å². The van der Waals surface area contributed by atoms with Crippen LogP contribution in [0.2, 0.25) is 10.0 Å². The Labute approximate surface area is 141 Å². The van der Waals surface area contributed by atoms with E-state index < -0.39 is 6.04 Å². The number of hydrogen-bond donors (Lipinski definition) is 2. The fraction of sp³-hybridized carbons (Fsp3) is 0.500. The molecule has 0 aromatic heterocycles. The topological polar surface area (TPSA) is 58.2 Å². The maximum atomic E-state index is 12.3.